The molecule has 0 radical (unpaired) electrons. The Morgan fingerprint density at radius 2 is 1.43 bits per heavy atom. The first-order chi connectivity index (χ1) is 6.62. The number of fused-ring (bicyclic) bond motifs is 1. The fourth-order valence-electron chi connectivity index (χ4n) is 5.33. The van der Waals surface area contributed by atoms with Gasteiger partial charge in [-0.05, 0) is 32.1 Å². The molecular formula is C11H14O3. The third-order valence-electron chi connectivity index (χ3n) is 5.38. The van der Waals surface area contributed by atoms with Crippen LogP contribution >= 0.6 is 0 Å². The van der Waals surface area contributed by atoms with Crippen molar-refractivity contribution in [1.29, 1.82) is 0 Å². The zero-order valence-corrected chi connectivity index (χ0v) is 8.40. The van der Waals surface area contributed by atoms with Gasteiger partial charge in [0.2, 0.25) is 0 Å². The van der Waals surface area contributed by atoms with Gasteiger partial charge in [-0.2, -0.15) is 0 Å². The quantitative estimate of drug-likeness (QED) is 0.578. The molecule has 2 aliphatic carbocycles. The van der Waals surface area contributed by atoms with Crippen molar-refractivity contribution in [3.05, 3.63) is 0 Å². The van der Waals surface area contributed by atoms with Gasteiger partial charge in [-0.1, -0.05) is 0 Å². The van der Waals surface area contributed by atoms with Crippen LogP contribution in [0.4, 0.5) is 0 Å². The summed E-state index contributed by atoms with van der Waals surface area (Å²) in [5.41, 5.74) is 0. The zero-order chi connectivity index (χ0) is 9.29. The molecule has 5 fully saturated rings. The van der Waals surface area contributed by atoms with Crippen LogP contribution in [0, 0.1) is 23.7 Å². The third kappa shape index (κ3) is 0.450. The van der Waals surface area contributed by atoms with Crippen molar-refractivity contribution >= 4 is 0 Å². The molecule has 3 aliphatic heterocycles. The summed E-state index contributed by atoms with van der Waals surface area (Å²) in [6.45, 7) is 4.23. The summed E-state index contributed by atoms with van der Waals surface area (Å²) in [4.78, 5) is 0. The molecule has 0 aromatic rings. The van der Waals surface area contributed by atoms with Crippen LogP contribution in [0.15, 0.2) is 0 Å². The summed E-state index contributed by atoms with van der Waals surface area (Å²) in [6, 6.07) is 0. The maximum absolute atomic E-state index is 6.09. The average molecular weight is 194 g/mol. The fraction of sp³-hybridized carbons (Fsp3) is 1.00. The van der Waals surface area contributed by atoms with Crippen LogP contribution < -0.4 is 0 Å². The SMILES string of the molecule is C[C@]12O[C@H]3[C@@H]4C[C@@H]5[C@@H]3O[C@](C)(O1)[C@@H]5[C@@H]42. The van der Waals surface area contributed by atoms with Gasteiger partial charge in [-0.3, -0.25) is 0 Å². The summed E-state index contributed by atoms with van der Waals surface area (Å²) in [5, 5.41) is 0. The molecule has 5 rings (SSSR count). The Bertz CT molecular complexity index is 320. The minimum atomic E-state index is -0.325. The van der Waals surface area contributed by atoms with Gasteiger partial charge >= 0.3 is 0 Å². The second-order valence-electron chi connectivity index (χ2n) is 5.91. The first-order valence-electron chi connectivity index (χ1n) is 5.68. The largest absolute Gasteiger partial charge is 0.344 e. The zero-order valence-electron chi connectivity index (χ0n) is 8.40. The Kier molecular flexibility index (Phi) is 0.815. The molecule has 2 bridgehead atoms. The Labute approximate surface area is 82.7 Å². The van der Waals surface area contributed by atoms with Crippen LogP contribution in [0.1, 0.15) is 20.3 Å². The summed E-state index contributed by atoms with van der Waals surface area (Å²) in [5.74, 6) is 2.03. The van der Waals surface area contributed by atoms with E-state index < -0.39 is 0 Å². The maximum Gasteiger partial charge on any atom is 0.173 e. The molecule has 0 aromatic heterocycles. The van der Waals surface area contributed by atoms with Crippen molar-refractivity contribution in [3.63, 3.8) is 0 Å². The third-order valence-corrected chi connectivity index (χ3v) is 5.38. The second-order valence-corrected chi connectivity index (χ2v) is 5.91. The van der Waals surface area contributed by atoms with E-state index in [1.165, 1.54) is 6.42 Å². The lowest BCUT2D eigenvalue weighted by Gasteiger charge is -2.25. The molecule has 8 atom stereocenters. The molecule has 0 unspecified atom stereocenters. The first-order valence-corrected chi connectivity index (χ1v) is 5.68. The number of hydrogen-bond donors (Lipinski definition) is 0. The van der Waals surface area contributed by atoms with Crippen molar-refractivity contribution in [1.82, 2.24) is 0 Å². The average Bonchev–Trinajstić information content (AvgIpc) is 2.69. The Morgan fingerprint density at radius 1 is 0.929 bits per heavy atom. The Hall–Kier alpha value is -0.120. The van der Waals surface area contributed by atoms with Gasteiger partial charge < -0.3 is 14.2 Å². The minimum Gasteiger partial charge on any atom is -0.344 e. The van der Waals surface area contributed by atoms with E-state index in [2.05, 4.69) is 13.8 Å². The van der Waals surface area contributed by atoms with Crippen LogP contribution in [-0.4, -0.2) is 23.8 Å². The van der Waals surface area contributed by atoms with Gasteiger partial charge in [0.25, 0.3) is 0 Å². The molecule has 0 spiro atoms. The monoisotopic (exact) mass is 194 g/mol. The predicted molar refractivity (Wildman–Crippen MR) is 46.2 cm³/mol. The normalized spacial score (nSPS) is 81.0. The maximum atomic E-state index is 6.09. The summed E-state index contributed by atoms with van der Waals surface area (Å²) < 4.78 is 18.2. The predicted octanol–water partition coefficient (Wildman–Crippen LogP) is 1.13. The highest BCUT2D eigenvalue weighted by molar-refractivity contribution is 5.23. The number of hydrogen-bond acceptors (Lipinski definition) is 3. The standard InChI is InChI=1S/C11H14O3/c1-10-6-4-3-5-7(6)11(2,14-10)13-9(5)8(4)12-10/h4-9H,3H2,1-2H3/t4-,5+,6-,7+,8-,9-,10+,11-/m0/s1. The first kappa shape index (κ1) is 7.20. The summed E-state index contributed by atoms with van der Waals surface area (Å²) in [6.07, 6.45) is 2.00. The molecule has 76 valence electrons. The molecule has 0 aromatic carbocycles. The number of ether oxygens (including phenoxy) is 3. The topological polar surface area (TPSA) is 27.7 Å². The van der Waals surface area contributed by atoms with Crippen LogP contribution in [0.2, 0.25) is 0 Å². The van der Waals surface area contributed by atoms with E-state index in [-0.39, 0.29) is 11.6 Å². The van der Waals surface area contributed by atoms with Gasteiger partial charge in [0.15, 0.2) is 11.6 Å². The molecule has 0 N–H and O–H groups in total. The lowest BCUT2D eigenvalue weighted by atomic mass is 9.77. The Morgan fingerprint density at radius 3 is 1.93 bits per heavy atom. The molecule has 3 saturated heterocycles. The van der Waals surface area contributed by atoms with Crippen LogP contribution in [0.25, 0.3) is 0 Å². The van der Waals surface area contributed by atoms with Crippen molar-refractivity contribution < 1.29 is 14.2 Å². The molecule has 3 heterocycles. The molecule has 5 aliphatic rings. The lowest BCUT2D eigenvalue weighted by Crippen LogP contribution is -2.33. The van der Waals surface area contributed by atoms with Crippen molar-refractivity contribution in [2.45, 2.75) is 44.1 Å². The van der Waals surface area contributed by atoms with Crippen LogP contribution in [-0.2, 0) is 14.2 Å². The highest BCUT2D eigenvalue weighted by Crippen LogP contribution is 2.75. The fourth-order valence-corrected chi connectivity index (χ4v) is 5.33. The van der Waals surface area contributed by atoms with E-state index in [1.807, 2.05) is 0 Å². The molecule has 0 amide bonds. The van der Waals surface area contributed by atoms with E-state index in [1.54, 1.807) is 0 Å². The van der Waals surface area contributed by atoms with E-state index in [9.17, 15) is 0 Å². The van der Waals surface area contributed by atoms with E-state index in [0.29, 0.717) is 24.0 Å². The van der Waals surface area contributed by atoms with Gasteiger partial charge in [0, 0.05) is 11.8 Å². The minimum absolute atomic E-state index is 0.325. The highest BCUT2D eigenvalue weighted by Gasteiger charge is 2.83. The Balaban J connectivity index is 1.86. The van der Waals surface area contributed by atoms with Gasteiger partial charge in [-0.15, -0.1) is 0 Å². The van der Waals surface area contributed by atoms with Crippen molar-refractivity contribution in [3.8, 4) is 0 Å². The van der Waals surface area contributed by atoms with Crippen molar-refractivity contribution in [2.24, 2.45) is 23.7 Å². The summed E-state index contributed by atoms with van der Waals surface area (Å²) >= 11 is 0. The van der Waals surface area contributed by atoms with Gasteiger partial charge in [0.1, 0.15) is 0 Å². The van der Waals surface area contributed by atoms with Crippen LogP contribution in [0.3, 0.4) is 0 Å². The second kappa shape index (κ2) is 1.58. The van der Waals surface area contributed by atoms with Gasteiger partial charge in [-0.25, -0.2) is 0 Å². The van der Waals surface area contributed by atoms with Crippen molar-refractivity contribution in [2.75, 3.05) is 0 Å². The molecule has 3 nitrogen and oxygen atoms in total. The summed E-state index contributed by atoms with van der Waals surface area (Å²) in [7, 11) is 0. The molecular weight excluding hydrogens is 180 g/mol. The van der Waals surface area contributed by atoms with Crippen LogP contribution in [0.5, 0.6) is 0 Å². The number of rotatable bonds is 0. The lowest BCUT2D eigenvalue weighted by molar-refractivity contribution is -0.272. The molecule has 2 saturated carbocycles. The van der Waals surface area contributed by atoms with E-state index in [4.69, 9.17) is 14.2 Å². The highest BCUT2D eigenvalue weighted by atomic mass is 16.8. The smallest absolute Gasteiger partial charge is 0.173 e. The van der Waals surface area contributed by atoms with E-state index >= 15 is 0 Å². The molecule has 3 heteroatoms. The molecule has 14 heavy (non-hydrogen) atoms. The van der Waals surface area contributed by atoms with Gasteiger partial charge in [0.05, 0.1) is 12.2 Å². The van der Waals surface area contributed by atoms with E-state index in [0.717, 1.165) is 11.8 Å².